The zero-order valence-electron chi connectivity index (χ0n) is 17.2. The normalized spacial score (nSPS) is 13.7. The van der Waals surface area contributed by atoms with Crippen molar-refractivity contribution in [1.82, 2.24) is 0 Å². The van der Waals surface area contributed by atoms with Crippen molar-refractivity contribution in [3.63, 3.8) is 0 Å². The summed E-state index contributed by atoms with van der Waals surface area (Å²) in [5, 5.41) is 2.88. The highest BCUT2D eigenvalue weighted by Crippen LogP contribution is 2.30. The number of nitrogens with one attached hydrogen (secondary N) is 1. The smallest absolute Gasteiger partial charge is 0.244 e. The minimum atomic E-state index is -0.241. The lowest BCUT2D eigenvalue weighted by Crippen LogP contribution is -2.40. The van der Waals surface area contributed by atoms with Gasteiger partial charge in [-0.3, -0.25) is 9.59 Å². The number of benzene rings is 2. The number of carbonyl (C=O) groups is 2. The van der Waals surface area contributed by atoms with E-state index in [0.29, 0.717) is 18.9 Å². The monoisotopic (exact) mass is 396 g/mol. The summed E-state index contributed by atoms with van der Waals surface area (Å²) in [6, 6.07) is 15.3. The van der Waals surface area contributed by atoms with Crippen LogP contribution in [0.4, 0.5) is 22.7 Å². The van der Waals surface area contributed by atoms with Crippen LogP contribution in [0.5, 0.6) is 0 Å². The predicted molar refractivity (Wildman–Crippen MR) is 117 cm³/mol. The lowest BCUT2D eigenvalue weighted by molar-refractivity contribution is -0.120. The number of rotatable bonds is 6. The molecule has 0 spiro atoms. The summed E-state index contributed by atoms with van der Waals surface area (Å²) in [5.41, 5.74) is 3.42. The Morgan fingerprint density at radius 1 is 1.03 bits per heavy atom. The van der Waals surface area contributed by atoms with Crippen LogP contribution in [0, 0.1) is 0 Å². The van der Waals surface area contributed by atoms with Crippen LogP contribution in [0.15, 0.2) is 48.5 Å². The molecule has 0 unspecified atom stereocenters. The van der Waals surface area contributed by atoms with Gasteiger partial charge in [0, 0.05) is 45.5 Å². The van der Waals surface area contributed by atoms with Gasteiger partial charge in [-0.2, -0.15) is 0 Å². The number of amides is 2. The number of ether oxygens (including phenoxy) is 1. The number of hydrogen-bond acceptors (Lipinski definition) is 5. The largest absolute Gasteiger partial charge is 0.378 e. The van der Waals surface area contributed by atoms with E-state index in [4.69, 9.17) is 4.74 Å². The third-order valence-corrected chi connectivity index (χ3v) is 4.87. The van der Waals surface area contributed by atoms with Crippen molar-refractivity contribution in [1.29, 1.82) is 0 Å². The van der Waals surface area contributed by atoms with Crippen LogP contribution in [-0.4, -0.2) is 58.8 Å². The van der Waals surface area contributed by atoms with Gasteiger partial charge in [-0.25, -0.2) is 0 Å². The molecule has 0 atom stereocenters. The SMILES string of the molecule is CC(=O)N(CC(=O)Nc1ccc(N(C)C)cc1)c1ccccc1N1CCOCC1. The molecule has 3 rings (SSSR count). The molecule has 0 bridgehead atoms. The summed E-state index contributed by atoms with van der Waals surface area (Å²) in [4.78, 5) is 30.7. The van der Waals surface area contributed by atoms with Crippen LogP contribution < -0.4 is 20.0 Å². The second-order valence-corrected chi connectivity index (χ2v) is 7.18. The van der Waals surface area contributed by atoms with Crippen molar-refractivity contribution in [2.75, 3.05) is 67.0 Å². The van der Waals surface area contributed by atoms with Gasteiger partial charge in [-0.05, 0) is 36.4 Å². The fourth-order valence-corrected chi connectivity index (χ4v) is 3.32. The van der Waals surface area contributed by atoms with E-state index in [-0.39, 0.29) is 18.4 Å². The summed E-state index contributed by atoms with van der Waals surface area (Å²) in [5.74, 6) is -0.418. The van der Waals surface area contributed by atoms with E-state index in [2.05, 4.69) is 10.2 Å². The fourth-order valence-electron chi connectivity index (χ4n) is 3.32. The van der Waals surface area contributed by atoms with Crippen molar-refractivity contribution in [2.45, 2.75) is 6.92 Å². The Kier molecular flexibility index (Phi) is 6.72. The number of anilines is 4. The lowest BCUT2D eigenvalue weighted by atomic mass is 10.2. The van der Waals surface area contributed by atoms with Crippen LogP contribution in [0.3, 0.4) is 0 Å². The second kappa shape index (κ2) is 9.43. The maximum atomic E-state index is 12.7. The Balaban J connectivity index is 1.75. The molecule has 7 heteroatoms. The van der Waals surface area contributed by atoms with Gasteiger partial charge >= 0.3 is 0 Å². The second-order valence-electron chi connectivity index (χ2n) is 7.18. The van der Waals surface area contributed by atoms with Gasteiger partial charge in [-0.1, -0.05) is 12.1 Å². The van der Waals surface area contributed by atoms with Crippen molar-refractivity contribution in [2.24, 2.45) is 0 Å². The van der Waals surface area contributed by atoms with Gasteiger partial charge in [0.05, 0.1) is 24.6 Å². The number of nitrogens with zero attached hydrogens (tertiary/aromatic N) is 3. The van der Waals surface area contributed by atoms with Crippen LogP contribution in [0.1, 0.15) is 6.92 Å². The average Bonchev–Trinajstić information content (AvgIpc) is 2.73. The van der Waals surface area contributed by atoms with Crippen molar-refractivity contribution in [3.8, 4) is 0 Å². The topological polar surface area (TPSA) is 65.1 Å². The Labute approximate surface area is 171 Å². The van der Waals surface area contributed by atoms with Gasteiger partial charge in [0.25, 0.3) is 0 Å². The number of carbonyl (C=O) groups excluding carboxylic acids is 2. The van der Waals surface area contributed by atoms with E-state index in [1.54, 1.807) is 0 Å². The van der Waals surface area contributed by atoms with Crippen LogP contribution in [0.25, 0.3) is 0 Å². The van der Waals surface area contributed by atoms with E-state index >= 15 is 0 Å². The summed E-state index contributed by atoms with van der Waals surface area (Å²) in [6.45, 7) is 4.25. The molecule has 0 aromatic heterocycles. The Bertz CT molecular complexity index is 845. The average molecular weight is 396 g/mol. The Morgan fingerprint density at radius 3 is 2.31 bits per heavy atom. The van der Waals surface area contributed by atoms with Crippen molar-refractivity contribution >= 4 is 34.6 Å². The first-order valence-corrected chi connectivity index (χ1v) is 9.73. The molecule has 2 aromatic carbocycles. The Hall–Kier alpha value is -3.06. The molecule has 0 aliphatic carbocycles. The first kappa shape index (κ1) is 20.7. The third kappa shape index (κ3) is 5.26. The molecule has 0 saturated carbocycles. The highest BCUT2D eigenvalue weighted by Gasteiger charge is 2.22. The van der Waals surface area contributed by atoms with E-state index in [1.165, 1.54) is 11.8 Å². The molecule has 0 radical (unpaired) electrons. The zero-order chi connectivity index (χ0) is 20.8. The first-order chi connectivity index (χ1) is 14.0. The summed E-state index contributed by atoms with van der Waals surface area (Å²) in [6.07, 6.45) is 0. The van der Waals surface area contributed by atoms with E-state index in [9.17, 15) is 9.59 Å². The van der Waals surface area contributed by atoms with Crippen molar-refractivity contribution < 1.29 is 14.3 Å². The molecule has 7 nitrogen and oxygen atoms in total. The van der Waals surface area contributed by atoms with Gasteiger partial charge < -0.3 is 24.8 Å². The molecule has 1 N–H and O–H groups in total. The molecule has 1 saturated heterocycles. The highest BCUT2D eigenvalue weighted by atomic mass is 16.5. The molecule has 1 heterocycles. The van der Waals surface area contributed by atoms with Crippen LogP contribution >= 0.6 is 0 Å². The maximum absolute atomic E-state index is 12.7. The molecule has 2 aromatic rings. The van der Waals surface area contributed by atoms with Crippen LogP contribution in [0.2, 0.25) is 0 Å². The molecular weight excluding hydrogens is 368 g/mol. The molecule has 29 heavy (non-hydrogen) atoms. The standard InChI is InChI=1S/C22H28N4O3/c1-17(27)26(16-22(28)23-18-8-10-19(11-9-18)24(2)3)21-7-5-4-6-20(21)25-12-14-29-15-13-25/h4-11H,12-16H2,1-3H3,(H,23,28). The molecule has 1 fully saturated rings. The predicted octanol–water partition coefficient (Wildman–Crippen LogP) is 2.58. The fraction of sp³-hybridized carbons (Fsp3) is 0.364. The maximum Gasteiger partial charge on any atom is 0.244 e. The minimum absolute atomic E-state index is 0.0495. The van der Waals surface area contributed by atoms with Gasteiger partial charge in [0.15, 0.2) is 0 Å². The quantitative estimate of drug-likeness (QED) is 0.813. The summed E-state index contributed by atoms with van der Waals surface area (Å²) < 4.78 is 5.43. The highest BCUT2D eigenvalue weighted by molar-refractivity contribution is 6.03. The minimum Gasteiger partial charge on any atom is -0.378 e. The number of para-hydroxylation sites is 2. The van der Waals surface area contributed by atoms with E-state index in [1.807, 2.05) is 67.5 Å². The molecular formula is C22H28N4O3. The molecule has 1 aliphatic heterocycles. The van der Waals surface area contributed by atoms with Gasteiger partial charge in [0.2, 0.25) is 11.8 Å². The van der Waals surface area contributed by atoms with E-state index < -0.39 is 0 Å². The summed E-state index contributed by atoms with van der Waals surface area (Å²) >= 11 is 0. The molecule has 154 valence electrons. The molecule has 2 amide bonds. The third-order valence-electron chi connectivity index (χ3n) is 4.87. The lowest BCUT2D eigenvalue weighted by Gasteiger charge is -2.33. The van der Waals surface area contributed by atoms with Crippen LogP contribution in [-0.2, 0) is 14.3 Å². The number of morpholine rings is 1. The molecule has 1 aliphatic rings. The zero-order valence-corrected chi connectivity index (χ0v) is 17.2. The van der Waals surface area contributed by atoms with Crippen molar-refractivity contribution in [3.05, 3.63) is 48.5 Å². The summed E-state index contributed by atoms with van der Waals surface area (Å²) in [7, 11) is 3.93. The van der Waals surface area contributed by atoms with Gasteiger partial charge in [-0.15, -0.1) is 0 Å². The Morgan fingerprint density at radius 2 is 1.69 bits per heavy atom. The number of hydrogen-bond donors (Lipinski definition) is 1. The first-order valence-electron chi connectivity index (χ1n) is 9.73. The van der Waals surface area contributed by atoms with Gasteiger partial charge in [0.1, 0.15) is 6.54 Å². The van der Waals surface area contributed by atoms with E-state index in [0.717, 1.165) is 30.2 Å².